The van der Waals surface area contributed by atoms with E-state index in [0.717, 1.165) is 21.2 Å². The van der Waals surface area contributed by atoms with Crippen LogP contribution in [0.2, 0.25) is 0 Å². The summed E-state index contributed by atoms with van der Waals surface area (Å²) in [6.07, 6.45) is 0.344. The summed E-state index contributed by atoms with van der Waals surface area (Å²) in [5.74, 6) is 0. The zero-order chi connectivity index (χ0) is 23.8. The van der Waals surface area contributed by atoms with Crippen molar-refractivity contribution >= 4 is 36.0 Å². The van der Waals surface area contributed by atoms with Crippen molar-refractivity contribution in [3.63, 3.8) is 0 Å². The van der Waals surface area contributed by atoms with Gasteiger partial charge in [-0.25, -0.2) is 21.6 Å². The molecule has 0 aromatic heterocycles. The minimum absolute atomic E-state index is 0.152. The molecule has 174 valence electrons. The third kappa shape index (κ3) is 5.38. The van der Waals surface area contributed by atoms with Gasteiger partial charge in [-0.3, -0.25) is 0 Å². The lowest BCUT2D eigenvalue weighted by molar-refractivity contribution is 0.499. The lowest BCUT2D eigenvalue weighted by atomic mass is 10.0. The van der Waals surface area contributed by atoms with Crippen molar-refractivity contribution in [1.82, 2.24) is 9.03 Å². The molecule has 0 spiro atoms. The first-order valence-electron chi connectivity index (χ1n) is 10.5. The van der Waals surface area contributed by atoms with Gasteiger partial charge in [-0.15, -0.1) is 0 Å². The Morgan fingerprint density at radius 3 is 2.00 bits per heavy atom. The summed E-state index contributed by atoms with van der Waals surface area (Å²) in [6.45, 7) is 4.03. The highest BCUT2D eigenvalue weighted by Gasteiger charge is 2.50. The van der Waals surface area contributed by atoms with Gasteiger partial charge in [-0.1, -0.05) is 69.5 Å². The molecule has 1 aliphatic rings. The summed E-state index contributed by atoms with van der Waals surface area (Å²) < 4.78 is 57.6. The Morgan fingerprint density at radius 2 is 1.42 bits per heavy atom. The second kappa shape index (κ2) is 9.31. The Morgan fingerprint density at radius 1 is 0.879 bits per heavy atom. The van der Waals surface area contributed by atoms with E-state index in [1.54, 1.807) is 48.5 Å². The molecule has 1 unspecified atom stereocenters. The van der Waals surface area contributed by atoms with Crippen LogP contribution < -0.4 is 4.72 Å². The maximum absolute atomic E-state index is 13.2. The molecule has 33 heavy (non-hydrogen) atoms. The third-order valence-electron chi connectivity index (χ3n) is 5.73. The number of nitrogens with one attached hydrogen (secondary N) is 1. The van der Waals surface area contributed by atoms with Gasteiger partial charge in [0.05, 0.1) is 15.8 Å². The van der Waals surface area contributed by atoms with Crippen LogP contribution in [0.15, 0.2) is 87.1 Å². The standard InChI is InChI=1S/C24H25BrN2O4S2/c1-17-7-11-20(12-8-17)32(28,29)26-23(15-19-5-3-4-6-22(19)25)24-16-27(24)33(30,31)21-13-9-18(2)10-14-21/h3-14,23-24,26H,15-16H2,1-2H3/t23-,24-,27?/m1/s1. The average molecular weight is 550 g/mol. The van der Waals surface area contributed by atoms with Crippen molar-refractivity contribution in [3.05, 3.63) is 94.0 Å². The first kappa shape index (κ1) is 24.1. The van der Waals surface area contributed by atoms with E-state index in [9.17, 15) is 16.8 Å². The Labute approximate surface area is 203 Å². The molecule has 3 aromatic rings. The van der Waals surface area contributed by atoms with Crippen LogP contribution in [0.1, 0.15) is 16.7 Å². The van der Waals surface area contributed by atoms with E-state index in [1.807, 2.05) is 38.1 Å². The molecule has 9 heteroatoms. The van der Waals surface area contributed by atoms with Gasteiger partial charge in [0.15, 0.2) is 0 Å². The maximum atomic E-state index is 13.2. The molecule has 3 aromatic carbocycles. The predicted molar refractivity (Wildman–Crippen MR) is 132 cm³/mol. The fourth-order valence-corrected chi connectivity index (χ4v) is 7.05. The Kier molecular flexibility index (Phi) is 6.80. The number of benzene rings is 3. The molecule has 1 heterocycles. The molecular weight excluding hydrogens is 524 g/mol. The SMILES string of the molecule is Cc1ccc(S(=O)(=O)N[C@H](Cc2ccccc2Br)[C@H]2CN2S(=O)(=O)c2ccc(C)cc2)cc1. The number of rotatable bonds is 8. The molecule has 6 nitrogen and oxygen atoms in total. The van der Waals surface area contributed by atoms with Crippen LogP contribution in [0.25, 0.3) is 0 Å². The van der Waals surface area contributed by atoms with Crippen LogP contribution in [0, 0.1) is 13.8 Å². The predicted octanol–water partition coefficient (Wildman–Crippen LogP) is 4.03. The maximum Gasteiger partial charge on any atom is 0.243 e. The Bertz CT molecular complexity index is 1360. The number of hydrogen-bond acceptors (Lipinski definition) is 4. The summed E-state index contributed by atoms with van der Waals surface area (Å²) >= 11 is 3.52. The Hall–Kier alpha value is -2.04. The number of hydrogen-bond donors (Lipinski definition) is 1. The van der Waals surface area contributed by atoms with Crippen LogP contribution in [0.5, 0.6) is 0 Å². The van der Waals surface area contributed by atoms with Gasteiger partial charge in [-0.2, -0.15) is 4.31 Å². The van der Waals surface area contributed by atoms with Crippen LogP contribution >= 0.6 is 15.9 Å². The molecule has 3 atom stereocenters. The van der Waals surface area contributed by atoms with Crippen molar-refractivity contribution in [3.8, 4) is 0 Å². The molecule has 0 amide bonds. The van der Waals surface area contributed by atoms with Crippen LogP contribution in [-0.4, -0.2) is 39.8 Å². The average Bonchev–Trinajstić information content (AvgIpc) is 3.57. The normalized spacial score (nSPS) is 19.2. The van der Waals surface area contributed by atoms with Gasteiger partial charge in [-0.05, 0) is 56.2 Å². The molecule has 1 fully saturated rings. The number of halogens is 1. The Balaban J connectivity index is 1.63. The van der Waals surface area contributed by atoms with Crippen LogP contribution in [0.3, 0.4) is 0 Å². The molecule has 0 aliphatic carbocycles. The minimum Gasteiger partial charge on any atom is -0.207 e. The van der Waals surface area contributed by atoms with E-state index in [-0.39, 0.29) is 16.3 Å². The molecule has 1 N–H and O–H groups in total. The van der Waals surface area contributed by atoms with Gasteiger partial charge in [0.1, 0.15) is 0 Å². The van der Waals surface area contributed by atoms with Crippen LogP contribution in [-0.2, 0) is 26.5 Å². The van der Waals surface area contributed by atoms with E-state index in [1.165, 1.54) is 4.31 Å². The molecule has 0 bridgehead atoms. The quantitative estimate of drug-likeness (QED) is 0.431. The zero-order valence-electron chi connectivity index (χ0n) is 18.3. The van der Waals surface area contributed by atoms with E-state index in [0.29, 0.717) is 6.42 Å². The third-order valence-corrected chi connectivity index (χ3v) is 9.92. The van der Waals surface area contributed by atoms with Crippen molar-refractivity contribution in [2.45, 2.75) is 42.1 Å². The van der Waals surface area contributed by atoms with Gasteiger partial charge in [0, 0.05) is 17.1 Å². The summed E-state index contributed by atoms with van der Waals surface area (Å²) in [7, 11) is -7.56. The van der Waals surface area contributed by atoms with E-state index in [2.05, 4.69) is 20.7 Å². The second-order valence-corrected chi connectivity index (χ2v) is 12.8. The molecular formula is C24H25BrN2O4S2. The summed E-state index contributed by atoms with van der Waals surface area (Å²) in [4.78, 5) is 0.357. The van der Waals surface area contributed by atoms with Crippen molar-refractivity contribution in [2.24, 2.45) is 0 Å². The molecule has 1 aliphatic heterocycles. The lowest BCUT2D eigenvalue weighted by Gasteiger charge is -2.20. The summed E-state index contributed by atoms with van der Waals surface area (Å²) in [5.41, 5.74) is 2.82. The van der Waals surface area contributed by atoms with Crippen molar-refractivity contribution < 1.29 is 16.8 Å². The smallest absolute Gasteiger partial charge is 0.207 e. The molecule has 1 saturated heterocycles. The molecule has 4 rings (SSSR count). The fraction of sp³-hybridized carbons (Fsp3) is 0.250. The molecule has 0 radical (unpaired) electrons. The lowest BCUT2D eigenvalue weighted by Crippen LogP contribution is -2.42. The van der Waals surface area contributed by atoms with Gasteiger partial charge >= 0.3 is 0 Å². The highest BCUT2D eigenvalue weighted by atomic mass is 79.9. The molecule has 0 saturated carbocycles. The highest BCUT2D eigenvalue weighted by molar-refractivity contribution is 9.10. The zero-order valence-corrected chi connectivity index (χ0v) is 21.5. The second-order valence-electron chi connectivity index (χ2n) is 8.29. The number of nitrogens with zero attached hydrogens (tertiary/aromatic N) is 1. The fourth-order valence-electron chi connectivity index (χ4n) is 3.73. The number of aryl methyl sites for hydroxylation is 2. The van der Waals surface area contributed by atoms with E-state index in [4.69, 9.17) is 0 Å². The first-order valence-corrected chi connectivity index (χ1v) is 14.2. The number of sulfonamides is 2. The highest BCUT2D eigenvalue weighted by Crippen LogP contribution is 2.33. The van der Waals surface area contributed by atoms with E-state index >= 15 is 0 Å². The van der Waals surface area contributed by atoms with E-state index < -0.39 is 32.1 Å². The van der Waals surface area contributed by atoms with Crippen LogP contribution in [0.4, 0.5) is 0 Å². The largest absolute Gasteiger partial charge is 0.243 e. The minimum atomic E-state index is -3.84. The van der Waals surface area contributed by atoms with Crippen molar-refractivity contribution in [2.75, 3.05) is 6.54 Å². The topological polar surface area (TPSA) is 83.3 Å². The van der Waals surface area contributed by atoms with Gasteiger partial charge < -0.3 is 0 Å². The monoisotopic (exact) mass is 548 g/mol. The van der Waals surface area contributed by atoms with Crippen molar-refractivity contribution in [1.29, 1.82) is 0 Å². The van der Waals surface area contributed by atoms with Gasteiger partial charge in [0.25, 0.3) is 0 Å². The summed E-state index contributed by atoms with van der Waals surface area (Å²) in [5, 5.41) is 0. The first-order chi connectivity index (χ1) is 15.6. The summed E-state index contributed by atoms with van der Waals surface area (Å²) in [6, 6.07) is 19.7. The van der Waals surface area contributed by atoms with Gasteiger partial charge in [0.2, 0.25) is 20.0 Å².